The van der Waals surface area contributed by atoms with E-state index < -0.39 is 0 Å². The molecule has 216 valence electrons. The van der Waals surface area contributed by atoms with Gasteiger partial charge in [0.2, 0.25) is 0 Å². The van der Waals surface area contributed by atoms with Crippen molar-refractivity contribution in [2.24, 2.45) is 0 Å². The number of phenols is 1. The molecule has 0 aliphatic rings. The maximum absolute atomic E-state index is 9.13. The van der Waals surface area contributed by atoms with Crippen LogP contribution >= 0.6 is 24.8 Å². The number of benzene rings is 4. The number of halogens is 2. The summed E-state index contributed by atoms with van der Waals surface area (Å²) >= 11 is 1.81. The van der Waals surface area contributed by atoms with Gasteiger partial charge in [0, 0.05) is 0 Å². The molecular weight excluding hydrogens is 583 g/mol. The summed E-state index contributed by atoms with van der Waals surface area (Å²) in [5, 5.41) is 16.9. The zero-order chi connectivity index (χ0) is 29.1. The summed E-state index contributed by atoms with van der Waals surface area (Å²) < 4.78 is 0. The van der Waals surface area contributed by atoms with Crippen LogP contribution in [0.5, 0.6) is 5.75 Å². The molecule has 0 saturated carbocycles. The third-order valence-electron chi connectivity index (χ3n) is 6.17. The van der Waals surface area contributed by atoms with E-state index in [1.54, 1.807) is 45.2 Å². The predicted octanol–water partition coefficient (Wildman–Crippen LogP) is 11.0. The van der Waals surface area contributed by atoms with Crippen molar-refractivity contribution in [2.75, 3.05) is 0 Å². The molecule has 5 aromatic rings. The number of hydrogen-bond acceptors (Lipinski definition) is 1. The van der Waals surface area contributed by atoms with Gasteiger partial charge in [-0.3, -0.25) is 0 Å². The number of aromatic hydroxyl groups is 1. The molecule has 2 radical (unpaired) electrons. The van der Waals surface area contributed by atoms with Gasteiger partial charge in [0.1, 0.15) is 5.75 Å². The van der Waals surface area contributed by atoms with E-state index in [4.69, 9.17) is 5.11 Å². The first kappa shape index (κ1) is 40.5. The molecule has 0 fully saturated rings. The van der Waals surface area contributed by atoms with E-state index in [2.05, 4.69) is 105 Å². The van der Waals surface area contributed by atoms with Gasteiger partial charge in [-0.2, -0.15) is 13.8 Å². The fraction of sp³-hybridized carbons (Fsp3) is 0.286. The van der Waals surface area contributed by atoms with Crippen molar-refractivity contribution in [3.63, 3.8) is 0 Å². The molecule has 0 bridgehead atoms. The average molecular weight is 629 g/mol. The first-order valence-corrected chi connectivity index (χ1v) is 15.8. The van der Waals surface area contributed by atoms with Gasteiger partial charge in [-0.05, 0) is 33.7 Å². The summed E-state index contributed by atoms with van der Waals surface area (Å²) in [4.78, 5) is 0. The molecule has 0 amide bonds. The standard InChI is InChI=1S/C21H25.C10H8O.2C2H5.2ClH.Si.Ti/c1-20(2,3)16-9-7-14-11-15-8-10-17(21(4,5)6)13-19(15)18(14)12-16;11-10-6-5-8-3-1-2-4-9(8)7-10;2*1-2;;;;/h7-13H,1-6H3;1-7,11H;2*1H2,2H3;2*1H;;/q-1;;2*-1;;;;. The van der Waals surface area contributed by atoms with Gasteiger partial charge in [0.25, 0.3) is 0 Å². The maximum atomic E-state index is 9.13. The third-order valence-corrected chi connectivity index (χ3v) is 6.17. The zero-order valence-electron chi connectivity index (χ0n) is 25.3. The first-order chi connectivity index (χ1) is 18.0. The fourth-order valence-corrected chi connectivity index (χ4v) is 4.11. The van der Waals surface area contributed by atoms with Crippen molar-refractivity contribution in [3.8, 4) is 5.75 Å². The van der Waals surface area contributed by atoms with Crippen molar-refractivity contribution in [1.82, 2.24) is 0 Å². The Morgan fingerprint density at radius 3 is 1.40 bits per heavy atom. The van der Waals surface area contributed by atoms with Crippen molar-refractivity contribution < 1.29 is 24.3 Å². The molecule has 0 unspecified atom stereocenters. The van der Waals surface area contributed by atoms with Crippen molar-refractivity contribution in [1.29, 1.82) is 0 Å². The van der Waals surface area contributed by atoms with Crippen LogP contribution in [0.4, 0.5) is 0 Å². The van der Waals surface area contributed by atoms with Crippen LogP contribution in [0.2, 0.25) is 0 Å². The van der Waals surface area contributed by atoms with Gasteiger partial charge in [-0.15, -0.1) is 64.6 Å². The van der Waals surface area contributed by atoms with E-state index in [1.165, 1.54) is 32.7 Å². The van der Waals surface area contributed by atoms with Crippen LogP contribution in [0, 0.1) is 13.8 Å². The first-order valence-electron chi connectivity index (χ1n) is 13.0. The molecule has 5 aromatic carbocycles. The van der Waals surface area contributed by atoms with E-state index in [9.17, 15) is 0 Å². The van der Waals surface area contributed by atoms with Crippen LogP contribution in [0.15, 0.2) is 84.9 Å². The monoisotopic (exact) mass is 627 g/mol. The second-order valence-corrected chi connectivity index (χ2v) is 10.8. The molecule has 5 heteroatoms. The predicted molar refractivity (Wildman–Crippen MR) is 182 cm³/mol. The van der Waals surface area contributed by atoms with Gasteiger partial charge >= 0.3 is 26.8 Å². The molecular formula is C35H45Cl2OSiTi-3. The normalized spacial score (nSPS) is 10.1. The average Bonchev–Trinajstić information content (AvgIpc) is 3.29. The molecule has 1 nitrogen and oxygen atoms in total. The summed E-state index contributed by atoms with van der Waals surface area (Å²) in [5.74, 6) is 0.323. The van der Waals surface area contributed by atoms with E-state index >= 15 is 0 Å². The van der Waals surface area contributed by atoms with Gasteiger partial charge in [-0.1, -0.05) is 107 Å². The van der Waals surface area contributed by atoms with Crippen LogP contribution in [0.3, 0.4) is 0 Å². The van der Waals surface area contributed by atoms with E-state index in [0.717, 1.165) is 10.8 Å². The van der Waals surface area contributed by atoms with E-state index in [-0.39, 0.29) is 35.6 Å². The Bertz CT molecular complexity index is 1360. The van der Waals surface area contributed by atoms with Crippen LogP contribution in [0.1, 0.15) is 66.5 Å². The number of fused-ring (bicyclic) bond motifs is 4. The minimum atomic E-state index is 0. The topological polar surface area (TPSA) is 20.2 Å². The van der Waals surface area contributed by atoms with Gasteiger partial charge in [-0.25, -0.2) is 0 Å². The summed E-state index contributed by atoms with van der Waals surface area (Å²) in [6.07, 6.45) is 0. The Morgan fingerprint density at radius 2 is 1.00 bits per heavy atom. The van der Waals surface area contributed by atoms with Crippen LogP contribution < -0.4 is 0 Å². The Labute approximate surface area is 269 Å². The molecule has 0 saturated heterocycles. The SMILES string of the molecule is CC(C)(C)c1ccc2[cH-]c3ccc(C(C)(C)C)cc3c2c1.Cl.Cl.Oc1ccc2ccccc2c1.[CH2-]C.[CH2-]C.[Si]=[Ti]. The zero-order valence-corrected chi connectivity index (χ0v) is 29.5. The number of hydrogen-bond donors (Lipinski definition) is 1. The van der Waals surface area contributed by atoms with Crippen LogP contribution in [-0.4, -0.2) is 12.7 Å². The summed E-state index contributed by atoms with van der Waals surface area (Å²) in [7, 11) is 2.97. The molecule has 0 spiro atoms. The number of phenolic OH excluding ortho intramolecular Hbond substituents is 1. The Balaban J connectivity index is 0. The van der Waals surface area contributed by atoms with Crippen molar-refractivity contribution in [3.05, 3.63) is 110 Å². The van der Waals surface area contributed by atoms with E-state index in [0.29, 0.717) is 5.75 Å². The summed E-state index contributed by atoms with van der Waals surface area (Å²) in [6.45, 7) is 23.7. The van der Waals surface area contributed by atoms with Crippen molar-refractivity contribution in [2.45, 2.75) is 66.2 Å². The third kappa shape index (κ3) is 11.0. The molecule has 0 aliphatic carbocycles. The molecule has 0 aliphatic heterocycles. The Morgan fingerprint density at radius 1 is 0.600 bits per heavy atom. The molecule has 5 rings (SSSR count). The second kappa shape index (κ2) is 18.7. The second-order valence-electron chi connectivity index (χ2n) is 10.8. The molecule has 0 atom stereocenters. The Hall–Kier alpha value is -1.68. The number of rotatable bonds is 0. The van der Waals surface area contributed by atoms with Gasteiger partial charge in [0.15, 0.2) is 0 Å². The minimum absolute atomic E-state index is 0. The molecule has 0 heterocycles. The molecule has 0 aromatic heterocycles. The van der Waals surface area contributed by atoms with Gasteiger partial charge in [0.05, 0.1) is 0 Å². The van der Waals surface area contributed by atoms with E-state index in [1.807, 2.05) is 30.3 Å². The quantitative estimate of drug-likeness (QED) is 0.134. The van der Waals surface area contributed by atoms with Crippen molar-refractivity contribution >= 4 is 64.8 Å². The van der Waals surface area contributed by atoms with Gasteiger partial charge < -0.3 is 19.0 Å². The molecule has 1 N–H and O–H groups in total. The Kier molecular flexibility index (Phi) is 18.9. The molecule has 40 heavy (non-hydrogen) atoms. The van der Waals surface area contributed by atoms with Crippen LogP contribution in [0.25, 0.3) is 32.3 Å². The summed E-state index contributed by atoms with van der Waals surface area (Å²) in [6, 6.07) is 29.5. The summed E-state index contributed by atoms with van der Waals surface area (Å²) in [5.41, 5.74) is 3.20. The fourth-order valence-electron chi connectivity index (χ4n) is 4.11. The van der Waals surface area contributed by atoms with Crippen LogP contribution in [-0.2, 0) is 30.0 Å².